The van der Waals surface area contributed by atoms with E-state index in [2.05, 4.69) is 15.2 Å². The van der Waals surface area contributed by atoms with Crippen molar-refractivity contribution < 1.29 is 10.0 Å². The van der Waals surface area contributed by atoms with E-state index in [4.69, 9.17) is 5.21 Å². The highest BCUT2D eigenvalue weighted by molar-refractivity contribution is 5.90. The van der Waals surface area contributed by atoms with E-state index in [0.717, 1.165) is 24.0 Å². The zero-order chi connectivity index (χ0) is 17.5. The number of nitrogens with one attached hydrogen (secondary N) is 2. The number of piperidine rings is 1. The first kappa shape index (κ1) is 17.9. The van der Waals surface area contributed by atoms with Crippen molar-refractivity contribution in [3.8, 4) is 0 Å². The maximum Gasteiger partial charge on any atom is 0.267 e. The van der Waals surface area contributed by atoms with Gasteiger partial charge in [0.05, 0.1) is 0 Å². The molecule has 25 heavy (non-hydrogen) atoms. The largest absolute Gasteiger partial charge is 0.366 e. The molecule has 0 aromatic carbocycles. The minimum Gasteiger partial charge on any atom is -0.366 e. The molecule has 0 bridgehead atoms. The smallest absolute Gasteiger partial charge is 0.267 e. The number of carbonyl (C=O) groups excluding carboxylic acids is 1. The average Bonchev–Trinajstić information content (AvgIpc) is 2.68. The van der Waals surface area contributed by atoms with Gasteiger partial charge in [0.15, 0.2) is 0 Å². The van der Waals surface area contributed by atoms with Crippen LogP contribution in [0, 0.1) is 0 Å². The van der Waals surface area contributed by atoms with Gasteiger partial charge in [0.25, 0.3) is 5.91 Å². The molecule has 1 saturated carbocycles. The molecule has 0 radical (unpaired) electrons. The number of amides is 1. The van der Waals surface area contributed by atoms with Crippen LogP contribution in [0.15, 0.2) is 24.4 Å². The van der Waals surface area contributed by atoms with Gasteiger partial charge in [0, 0.05) is 30.9 Å². The number of pyridine rings is 1. The van der Waals surface area contributed by atoms with E-state index in [0.29, 0.717) is 6.04 Å². The number of rotatable bonds is 5. The zero-order valence-corrected chi connectivity index (χ0v) is 14.7. The molecule has 1 aliphatic heterocycles. The van der Waals surface area contributed by atoms with E-state index in [-0.39, 0.29) is 0 Å². The summed E-state index contributed by atoms with van der Waals surface area (Å²) in [5.41, 5.74) is 2.39. The maximum absolute atomic E-state index is 11.0. The van der Waals surface area contributed by atoms with Crippen molar-refractivity contribution in [1.82, 2.24) is 15.4 Å². The highest BCUT2D eigenvalue weighted by atomic mass is 16.5. The summed E-state index contributed by atoms with van der Waals surface area (Å²) in [7, 11) is 0. The van der Waals surface area contributed by atoms with Crippen molar-refractivity contribution in [2.75, 3.05) is 18.4 Å². The van der Waals surface area contributed by atoms with Crippen LogP contribution < -0.4 is 10.8 Å². The molecule has 1 aromatic rings. The summed E-state index contributed by atoms with van der Waals surface area (Å²) in [6, 6.07) is 5.08. The van der Waals surface area contributed by atoms with Crippen LogP contribution in [0.4, 0.5) is 5.82 Å². The predicted octanol–water partition coefficient (Wildman–Crippen LogP) is 2.81. The van der Waals surface area contributed by atoms with Crippen molar-refractivity contribution >= 4 is 17.8 Å². The van der Waals surface area contributed by atoms with Crippen LogP contribution in [0.5, 0.6) is 0 Å². The molecule has 6 nitrogen and oxygen atoms in total. The lowest BCUT2D eigenvalue weighted by atomic mass is 9.92. The third-order valence-corrected chi connectivity index (χ3v) is 5.22. The standard InChI is InChI=1S/C19H28N4O2/c24-19(22-25)11-9-15-8-10-18(20-13-15)21-16-5-4-12-23(14-16)17-6-2-1-3-7-17/h8-11,13,16-17,25H,1-7,12,14H2,(H,20,21)(H,22,24)/b11-9+/t16-/m1/s1. The fourth-order valence-corrected chi connectivity index (χ4v) is 3.91. The molecule has 3 N–H and O–H groups in total. The number of hydrogen-bond acceptors (Lipinski definition) is 5. The van der Waals surface area contributed by atoms with E-state index in [1.165, 1.54) is 57.6 Å². The number of hydroxylamine groups is 1. The minimum atomic E-state index is -0.549. The number of nitrogens with zero attached hydrogens (tertiary/aromatic N) is 2. The van der Waals surface area contributed by atoms with E-state index in [1.54, 1.807) is 17.8 Å². The second-order valence-corrected chi connectivity index (χ2v) is 7.06. The third kappa shape index (κ3) is 5.28. The number of anilines is 1. The molecule has 1 amide bonds. The predicted molar refractivity (Wildman–Crippen MR) is 98.3 cm³/mol. The van der Waals surface area contributed by atoms with Gasteiger partial charge in [-0.05, 0) is 56.0 Å². The van der Waals surface area contributed by atoms with Crippen LogP contribution >= 0.6 is 0 Å². The quantitative estimate of drug-likeness (QED) is 0.435. The van der Waals surface area contributed by atoms with Gasteiger partial charge in [-0.2, -0.15) is 0 Å². The lowest BCUT2D eigenvalue weighted by Gasteiger charge is -2.40. The van der Waals surface area contributed by atoms with Crippen LogP contribution in [-0.2, 0) is 4.79 Å². The number of likely N-dealkylation sites (tertiary alicyclic amines) is 1. The first-order chi connectivity index (χ1) is 12.2. The summed E-state index contributed by atoms with van der Waals surface area (Å²) >= 11 is 0. The highest BCUT2D eigenvalue weighted by Crippen LogP contribution is 2.26. The van der Waals surface area contributed by atoms with Crippen LogP contribution in [0.3, 0.4) is 0 Å². The Labute approximate surface area is 149 Å². The second kappa shape index (κ2) is 8.97. The van der Waals surface area contributed by atoms with Gasteiger partial charge in [-0.3, -0.25) is 14.9 Å². The molecular formula is C19H28N4O2. The summed E-state index contributed by atoms with van der Waals surface area (Å²) in [4.78, 5) is 18.1. The molecule has 1 aromatic heterocycles. The van der Waals surface area contributed by atoms with Crippen LogP contribution in [0.2, 0.25) is 0 Å². The van der Waals surface area contributed by atoms with Crippen LogP contribution in [-0.4, -0.2) is 46.2 Å². The molecule has 0 unspecified atom stereocenters. The summed E-state index contributed by atoms with van der Waals surface area (Å²) in [5.74, 6) is 0.325. The Hall–Kier alpha value is -1.92. The van der Waals surface area contributed by atoms with E-state index in [1.807, 2.05) is 12.1 Å². The summed E-state index contributed by atoms with van der Waals surface area (Å²) in [5, 5.41) is 12.0. The number of carbonyl (C=O) groups is 1. The Bertz CT molecular complexity index is 582. The maximum atomic E-state index is 11.0. The third-order valence-electron chi connectivity index (χ3n) is 5.22. The fourth-order valence-electron chi connectivity index (χ4n) is 3.91. The van der Waals surface area contributed by atoms with Crippen molar-refractivity contribution in [1.29, 1.82) is 0 Å². The molecule has 2 fully saturated rings. The topological polar surface area (TPSA) is 77.5 Å². The molecule has 3 rings (SSSR count). The molecule has 136 valence electrons. The monoisotopic (exact) mass is 344 g/mol. The van der Waals surface area contributed by atoms with Gasteiger partial charge >= 0.3 is 0 Å². The van der Waals surface area contributed by atoms with E-state index < -0.39 is 5.91 Å². The summed E-state index contributed by atoms with van der Waals surface area (Å²) in [6.07, 6.45) is 13.9. The summed E-state index contributed by atoms with van der Waals surface area (Å²) < 4.78 is 0. The Kier molecular flexibility index (Phi) is 6.42. The number of aromatic nitrogens is 1. The van der Waals surface area contributed by atoms with Crippen molar-refractivity contribution in [2.24, 2.45) is 0 Å². The van der Waals surface area contributed by atoms with E-state index in [9.17, 15) is 4.79 Å². The van der Waals surface area contributed by atoms with Crippen molar-refractivity contribution in [2.45, 2.75) is 57.0 Å². The molecule has 1 aliphatic carbocycles. The Morgan fingerprint density at radius 1 is 1.20 bits per heavy atom. The average molecular weight is 344 g/mol. The minimum absolute atomic E-state index is 0.449. The number of hydrogen-bond donors (Lipinski definition) is 3. The van der Waals surface area contributed by atoms with Gasteiger partial charge in [-0.1, -0.05) is 19.3 Å². The van der Waals surface area contributed by atoms with Crippen LogP contribution in [0.1, 0.15) is 50.5 Å². The van der Waals surface area contributed by atoms with Gasteiger partial charge in [-0.25, -0.2) is 10.5 Å². The van der Waals surface area contributed by atoms with E-state index >= 15 is 0 Å². The van der Waals surface area contributed by atoms with Gasteiger partial charge < -0.3 is 5.32 Å². The van der Waals surface area contributed by atoms with Crippen LogP contribution in [0.25, 0.3) is 6.08 Å². The molecule has 2 heterocycles. The SMILES string of the molecule is O=C(/C=C/c1ccc(N[C@@H]2CCCN(C3CCCCC3)C2)nc1)NO. The molecule has 6 heteroatoms. The molecule has 0 spiro atoms. The first-order valence-electron chi connectivity index (χ1n) is 9.33. The summed E-state index contributed by atoms with van der Waals surface area (Å²) in [6.45, 7) is 2.33. The zero-order valence-electron chi connectivity index (χ0n) is 14.7. The lowest BCUT2D eigenvalue weighted by Crippen LogP contribution is -2.47. The lowest BCUT2D eigenvalue weighted by molar-refractivity contribution is -0.124. The molecule has 1 saturated heterocycles. The Morgan fingerprint density at radius 3 is 2.76 bits per heavy atom. The fraction of sp³-hybridized carbons (Fsp3) is 0.579. The molecule has 2 aliphatic rings. The van der Waals surface area contributed by atoms with Gasteiger partial charge in [0.1, 0.15) is 5.82 Å². The van der Waals surface area contributed by atoms with Gasteiger partial charge in [0.2, 0.25) is 0 Å². The Balaban J connectivity index is 1.52. The first-order valence-corrected chi connectivity index (χ1v) is 9.33. The molecular weight excluding hydrogens is 316 g/mol. The normalized spacial score (nSPS) is 22.8. The molecule has 1 atom stereocenters. The highest BCUT2D eigenvalue weighted by Gasteiger charge is 2.26. The van der Waals surface area contributed by atoms with Crippen molar-refractivity contribution in [3.05, 3.63) is 30.0 Å². The second-order valence-electron chi connectivity index (χ2n) is 7.06. The Morgan fingerprint density at radius 2 is 2.04 bits per heavy atom. The van der Waals surface area contributed by atoms with Gasteiger partial charge in [-0.15, -0.1) is 0 Å². The van der Waals surface area contributed by atoms with Crippen molar-refractivity contribution in [3.63, 3.8) is 0 Å².